The van der Waals surface area contributed by atoms with Crippen LogP contribution in [0.25, 0.3) is 6.08 Å². The van der Waals surface area contributed by atoms with Crippen molar-refractivity contribution in [3.63, 3.8) is 0 Å². The number of nitrogens with one attached hydrogen (secondary N) is 1. The highest BCUT2D eigenvalue weighted by molar-refractivity contribution is 14.1. The molecule has 0 radical (unpaired) electrons. The number of halogens is 3. The van der Waals surface area contributed by atoms with Crippen LogP contribution in [-0.4, -0.2) is 11.7 Å². The molecule has 7 heteroatoms. The summed E-state index contributed by atoms with van der Waals surface area (Å²) in [6, 6.07) is 15.3. The minimum absolute atomic E-state index is 0.0369. The van der Waals surface area contributed by atoms with Gasteiger partial charge in [0.1, 0.15) is 11.6 Å². The van der Waals surface area contributed by atoms with E-state index in [-0.39, 0.29) is 5.57 Å². The minimum Gasteiger partial charge on any atom is -0.321 e. The van der Waals surface area contributed by atoms with E-state index < -0.39 is 11.7 Å². The molecule has 1 N–H and O–H groups in total. The lowest BCUT2D eigenvalue weighted by Gasteiger charge is -2.06. The molecule has 0 spiro atoms. The van der Waals surface area contributed by atoms with E-state index in [0.717, 1.165) is 9.13 Å². The first-order chi connectivity index (χ1) is 11.5. The number of anilines is 1. The molecule has 0 aliphatic rings. The van der Waals surface area contributed by atoms with Crippen molar-refractivity contribution in [3.05, 3.63) is 63.2 Å². The number of benzene rings is 2. The van der Waals surface area contributed by atoms with Crippen molar-refractivity contribution in [3.8, 4) is 6.07 Å². The SMILES string of the molecule is N#CC(=Cc1ccccc1I)C(=O)Nc1ccc(SC(F)F)cc1. The summed E-state index contributed by atoms with van der Waals surface area (Å²) in [7, 11) is 0. The van der Waals surface area contributed by atoms with Crippen molar-refractivity contribution < 1.29 is 13.6 Å². The Balaban J connectivity index is 2.13. The molecule has 0 aromatic heterocycles. The van der Waals surface area contributed by atoms with Gasteiger partial charge in [-0.2, -0.15) is 14.0 Å². The quantitative estimate of drug-likeness (QED) is 0.293. The van der Waals surface area contributed by atoms with Crippen molar-refractivity contribution in [1.82, 2.24) is 0 Å². The second-order valence-electron chi connectivity index (χ2n) is 4.55. The van der Waals surface area contributed by atoms with Crippen molar-refractivity contribution in [1.29, 1.82) is 5.26 Å². The van der Waals surface area contributed by atoms with E-state index in [4.69, 9.17) is 0 Å². The molecule has 0 bridgehead atoms. The highest BCUT2D eigenvalue weighted by Gasteiger charge is 2.11. The molecule has 122 valence electrons. The topological polar surface area (TPSA) is 52.9 Å². The third-order valence-electron chi connectivity index (χ3n) is 2.91. The van der Waals surface area contributed by atoms with Crippen molar-refractivity contribution in [2.75, 3.05) is 5.32 Å². The second kappa shape index (κ2) is 8.80. The van der Waals surface area contributed by atoms with E-state index in [2.05, 4.69) is 27.9 Å². The van der Waals surface area contributed by atoms with Crippen LogP contribution in [0.15, 0.2) is 59.0 Å². The van der Waals surface area contributed by atoms with Gasteiger partial charge < -0.3 is 5.32 Å². The van der Waals surface area contributed by atoms with E-state index >= 15 is 0 Å². The molecule has 0 fully saturated rings. The van der Waals surface area contributed by atoms with Crippen LogP contribution in [0.5, 0.6) is 0 Å². The normalized spacial score (nSPS) is 11.2. The Morgan fingerprint density at radius 1 is 1.21 bits per heavy atom. The largest absolute Gasteiger partial charge is 0.321 e. The fraction of sp³-hybridized carbons (Fsp3) is 0.0588. The van der Waals surface area contributed by atoms with Gasteiger partial charge in [0, 0.05) is 14.2 Å². The van der Waals surface area contributed by atoms with Gasteiger partial charge in [-0.15, -0.1) is 0 Å². The average Bonchev–Trinajstić information content (AvgIpc) is 2.55. The van der Waals surface area contributed by atoms with Crippen molar-refractivity contribution >= 4 is 52.0 Å². The molecular formula is C17H11F2IN2OS. The van der Waals surface area contributed by atoms with Crippen LogP contribution < -0.4 is 5.32 Å². The third kappa shape index (κ3) is 5.32. The predicted molar refractivity (Wildman–Crippen MR) is 99.7 cm³/mol. The Kier molecular flexibility index (Phi) is 6.75. The maximum absolute atomic E-state index is 12.3. The summed E-state index contributed by atoms with van der Waals surface area (Å²) in [4.78, 5) is 12.6. The highest BCUT2D eigenvalue weighted by atomic mass is 127. The lowest BCUT2D eigenvalue weighted by atomic mass is 10.1. The molecule has 0 heterocycles. The van der Waals surface area contributed by atoms with E-state index in [1.54, 1.807) is 0 Å². The molecular weight excluding hydrogens is 445 g/mol. The standard InChI is InChI=1S/C17H11F2IN2OS/c18-17(19)24-14-7-5-13(6-8-14)22-16(23)12(10-21)9-11-3-1-2-4-15(11)20/h1-9,17H,(H,22,23). The zero-order chi connectivity index (χ0) is 17.5. The van der Waals surface area contributed by atoms with Crippen molar-refractivity contribution in [2.45, 2.75) is 10.7 Å². The van der Waals surface area contributed by atoms with Crippen molar-refractivity contribution in [2.24, 2.45) is 0 Å². The first-order valence-electron chi connectivity index (χ1n) is 6.72. The highest BCUT2D eigenvalue weighted by Crippen LogP contribution is 2.26. The Morgan fingerprint density at radius 2 is 1.88 bits per heavy atom. The van der Waals surface area contributed by atoms with E-state index in [9.17, 15) is 18.8 Å². The number of carbonyl (C=O) groups is 1. The fourth-order valence-electron chi connectivity index (χ4n) is 1.81. The molecule has 24 heavy (non-hydrogen) atoms. The average molecular weight is 456 g/mol. The van der Waals surface area contributed by atoms with Gasteiger partial charge in [0.05, 0.1) is 0 Å². The number of rotatable bonds is 5. The van der Waals surface area contributed by atoms with Gasteiger partial charge >= 0.3 is 0 Å². The molecule has 3 nitrogen and oxygen atoms in total. The van der Waals surface area contributed by atoms with E-state index in [1.165, 1.54) is 30.3 Å². The summed E-state index contributed by atoms with van der Waals surface area (Å²) in [5, 5.41) is 11.8. The Hall–Kier alpha value is -1.92. The molecule has 2 aromatic rings. The third-order valence-corrected chi connectivity index (χ3v) is 4.61. The van der Waals surface area contributed by atoms with E-state index in [1.807, 2.05) is 30.3 Å². The van der Waals surface area contributed by atoms with Crippen LogP contribution in [0.2, 0.25) is 0 Å². The molecule has 2 rings (SSSR count). The molecule has 0 saturated heterocycles. The Bertz CT molecular complexity index is 801. The predicted octanol–water partition coefficient (Wildman–Crippen LogP) is 5.15. The molecule has 0 saturated carbocycles. The van der Waals surface area contributed by atoms with Crippen LogP contribution in [0.4, 0.5) is 14.5 Å². The summed E-state index contributed by atoms with van der Waals surface area (Å²) in [6.07, 6.45) is 1.51. The first-order valence-corrected chi connectivity index (χ1v) is 8.68. The number of hydrogen-bond acceptors (Lipinski definition) is 3. The first kappa shape index (κ1) is 18.4. The molecule has 0 aliphatic heterocycles. The van der Waals surface area contributed by atoms with Gasteiger partial charge in [0.25, 0.3) is 11.7 Å². The summed E-state index contributed by atoms with van der Waals surface area (Å²) in [6.45, 7) is 0. The number of nitrogens with zero attached hydrogens (tertiary/aromatic N) is 1. The number of amides is 1. The number of thioether (sulfide) groups is 1. The van der Waals surface area contributed by atoms with Gasteiger partial charge in [0.15, 0.2) is 0 Å². The summed E-state index contributed by atoms with van der Waals surface area (Å²) in [5.41, 5.74) is 1.17. The molecule has 2 aromatic carbocycles. The molecule has 1 amide bonds. The summed E-state index contributed by atoms with van der Waals surface area (Å²) in [5.74, 6) is -3.04. The van der Waals surface area contributed by atoms with E-state index in [0.29, 0.717) is 22.3 Å². The van der Waals surface area contributed by atoms with Crippen LogP contribution in [0.3, 0.4) is 0 Å². The lowest BCUT2D eigenvalue weighted by Crippen LogP contribution is -2.13. The fourth-order valence-corrected chi connectivity index (χ4v) is 2.86. The van der Waals surface area contributed by atoms with Gasteiger partial charge in [-0.05, 0) is 64.6 Å². The number of carbonyl (C=O) groups excluding carboxylic acids is 1. The smallest absolute Gasteiger partial charge is 0.288 e. The molecule has 0 aliphatic carbocycles. The maximum Gasteiger partial charge on any atom is 0.288 e. The summed E-state index contributed by atoms with van der Waals surface area (Å²) >= 11 is 2.55. The monoisotopic (exact) mass is 456 g/mol. The van der Waals surface area contributed by atoms with Crippen LogP contribution in [0, 0.1) is 14.9 Å². The number of nitriles is 1. The van der Waals surface area contributed by atoms with Gasteiger partial charge in [-0.1, -0.05) is 30.0 Å². The van der Waals surface area contributed by atoms with Gasteiger partial charge in [-0.25, -0.2) is 0 Å². The van der Waals surface area contributed by atoms with Gasteiger partial charge in [-0.3, -0.25) is 4.79 Å². The van der Waals surface area contributed by atoms with Crippen LogP contribution >= 0.6 is 34.4 Å². The Morgan fingerprint density at radius 3 is 2.46 bits per heavy atom. The van der Waals surface area contributed by atoms with Crippen LogP contribution in [-0.2, 0) is 4.79 Å². The molecule has 0 atom stereocenters. The number of hydrogen-bond donors (Lipinski definition) is 1. The van der Waals surface area contributed by atoms with Gasteiger partial charge in [0.2, 0.25) is 0 Å². The lowest BCUT2D eigenvalue weighted by molar-refractivity contribution is -0.112. The maximum atomic E-state index is 12.3. The zero-order valence-corrected chi connectivity index (χ0v) is 15.1. The minimum atomic E-state index is -2.49. The second-order valence-corrected chi connectivity index (χ2v) is 6.77. The van der Waals surface area contributed by atoms with Crippen LogP contribution in [0.1, 0.15) is 5.56 Å². The molecule has 0 unspecified atom stereocenters. The zero-order valence-electron chi connectivity index (χ0n) is 12.2. The Labute approximate surface area is 155 Å². The number of alkyl halides is 2. The summed E-state index contributed by atoms with van der Waals surface area (Å²) < 4.78 is 25.5.